The Morgan fingerprint density at radius 2 is 2.06 bits per heavy atom. The average Bonchev–Trinajstić information content (AvgIpc) is 2.82. The minimum atomic E-state index is 0.377. The van der Waals surface area contributed by atoms with E-state index < -0.39 is 0 Å². The fourth-order valence-electron chi connectivity index (χ4n) is 2.42. The SMILES string of the molecule is CCc1nsc(N2CC(C)N(CC#N)C(C)C2)n1. The molecular formula is C12H19N5S. The molecule has 0 aliphatic carbocycles. The lowest BCUT2D eigenvalue weighted by molar-refractivity contribution is 0.151. The molecule has 1 aliphatic heterocycles. The smallest absolute Gasteiger partial charge is 0.205 e. The number of rotatable bonds is 3. The van der Waals surface area contributed by atoms with Crippen molar-refractivity contribution in [3.63, 3.8) is 0 Å². The normalized spacial score (nSPS) is 25.1. The van der Waals surface area contributed by atoms with E-state index in [1.54, 1.807) is 0 Å². The van der Waals surface area contributed by atoms with Crippen molar-refractivity contribution in [1.29, 1.82) is 5.26 Å². The van der Waals surface area contributed by atoms with E-state index in [-0.39, 0.29) is 0 Å². The van der Waals surface area contributed by atoms with Crippen LogP contribution in [0.4, 0.5) is 5.13 Å². The van der Waals surface area contributed by atoms with Crippen LogP contribution in [0.1, 0.15) is 26.6 Å². The molecule has 1 fully saturated rings. The molecule has 0 amide bonds. The highest BCUT2D eigenvalue weighted by Gasteiger charge is 2.30. The van der Waals surface area contributed by atoms with Crippen LogP contribution in [0.15, 0.2) is 0 Å². The first-order valence-corrected chi connectivity index (χ1v) is 7.13. The maximum absolute atomic E-state index is 8.85. The minimum absolute atomic E-state index is 0.377. The van der Waals surface area contributed by atoms with Crippen LogP contribution < -0.4 is 4.90 Å². The third-order valence-corrected chi connectivity index (χ3v) is 4.21. The van der Waals surface area contributed by atoms with Crippen molar-refractivity contribution in [3.05, 3.63) is 5.82 Å². The summed E-state index contributed by atoms with van der Waals surface area (Å²) in [7, 11) is 0. The summed E-state index contributed by atoms with van der Waals surface area (Å²) in [6, 6.07) is 3.00. The number of nitriles is 1. The fraction of sp³-hybridized carbons (Fsp3) is 0.750. The molecule has 2 atom stereocenters. The summed E-state index contributed by atoms with van der Waals surface area (Å²) in [6.07, 6.45) is 0.885. The van der Waals surface area contributed by atoms with Gasteiger partial charge in [-0.15, -0.1) is 0 Å². The Morgan fingerprint density at radius 1 is 1.39 bits per heavy atom. The summed E-state index contributed by atoms with van der Waals surface area (Å²) in [4.78, 5) is 9.08. The van der Waals surface area contributed by atoms with E-state index in [2.05, 4.69) is 46.0 Å². The van der Waals surface area contributed by atoms with Crippen LogP contribution in [0.2, 0.25) is 0 Å². The number of nitrogens with zero attached hydrogens (tertiary/aromatic N) is 5. The molecule has 0 spiro atoms. The molecule has 0 radical (unpaired) electrons. The molecule has 1 aromatic heterocycles. The third kappa shape index (κ3) is 2.62. The average molecular weight is 265 g/mol. The molecule has 98 valence electrons. The van der Waals surface area contributed by atoms with Crippen LogP contribution in [0, 0.1) is 11.3 Å². The zero-order valence-corrected chi connectivity index (χ0v) is 11.9. The lowest BCUT2D eigenvalue weighted by Crippen LogP contribution is -2.56. The van der Waals surface area contributed by atoms with E-state index in [1.165, 1.54) is 11.5 Å². The monoisotopic (exact) mass is 265 g/mol. The maximum Gasteiger partial charge on any atom is 0.205 e. The molecule has 5 nitrogen and oxygen atoms in total. The van der Waals surface area contributed by atoms with Crippen LogP contribution in [0.5, 0.6) is 0 Å². The molecule has 0 aromatic carbocycles. The van der Waals surface area contributed by atoms with Gasteiger partial charge >= 0.3 is 0 Å². The summed E-state index contributed by atoms with van der Waals surface area (Å²) < 4.78 is 4.34. The number of aryl methyl sites for hydroxylation is 1. The van der Waals surface area contributed by atoms with Gasteiger partial charge in [-0.05, 0) is 13.8 Å². The summed E-state index contributed by atoms with van der Waals surface area (Å²) in [5.74, 6) is 0.926. The van der Waals surface area contributed by atoms with Gasteiger partial charge in [0.2, 0.25) is 5.13 Å². The molecule has 1 aliphatic rings. The maximum atomic E-state index is 8.85. The molecule has 18 heavy (non-hydrogen) atoms. The second kappa shape index (κ2) is 5.63. The first-order valence-electron chi connectivity index (χ1n) is 6.36. The van der Waals surface area contributed by atoms with Crippen LogP contribution in [0.3, 0.4) is 0 Å². The van der Waals surface area contributed by atoms with Gasteiger partial charge in [0.15, 0.2) is 0 Å². The lowest BCUT2D eigenvalue weighted by atomic mass is 10.1. The molecule has 0 saturated carbocycles. The van der Waals surface area contributed by atoms with Crippen molar-refractivity contribution in [3.8, 4) is 6.07 Å². The topological polar surface area (TPSA) is 56.1 Å². The van der Waals surface area contributed by atoms with Gasteiger partial charge in [0, 0.05) is 43.1 Å². The number of hydrogen-bond acceptors (Lipinski definition) is 6. The van der Waals surface area contributed by atoms with E-state index in [0.717, 1.165) is 30.5 Å². The molecule has 2 heterocycles. The molecule has 0 N–H and O–H groups in total. The summed E-state index contributed by atoms with van der Waals surface area (Å²) in [5.41, 5.74) is 0. The number of aromatic nitrogens is 2. The van der Waals surface area contributed by atoms with E-state index in [9.17, 15) is 0 Å². The summed E-state index contributed by atoms with van der Waals surface area (Å²) >= 11 is 1.48. The molecule has 2 rings (SSSR count). The van der Waals surface area contributed by atoms with Crippen molar-refractivity contribution >= 4 is 16.7 Å². The Bertz CT molecular complexity index is 426. The largest absolute Gasteiger partial charge is 0.344 e. The van der Waals surface area contributed by atoms with Gasteiger partial charge in [0.25, 0.3) is 0 Å². The second-order valence-electron chi connectivity index (χ2n) is 4.78. The second-order valence-corrected chi connectivity index (χ2v) is 5.51. The van der Waals surface area contributed by atoms with Crippen molar-refractivity contribution < 1.29 is 0 Å². The van der Waals surface area contributed by atoms with Gasteiger partial charge in [-0.3, -0.25) is 4.90 Å². The highest BCUT2D eigenvalue weighted by molar-refractivity contribution is 7.09. The Balaban J connectivity index is 2.07. The van der Waals surface area contributed by atoms with E-state index in [4.69, 9.17) is 5.26 Å². The van der Waals surface area contributed by atoms with Gasteiger partial charge in [-0.25, -0.2) is 4.98 Å². The zero-order valence-electron chi connectivity index (χ0n) is 11.1. The third-order valence-electron chi connectivity index (χ3n) is 3.40. The predicted molar refractivity (Wildman–Crippen MR) is 72.7 cm³/mol. The van der Waals surface area contributed by atoms with Crippen molar-refractivity contribution in [2.45, 2.75) is 39.3 Å². The molecular weight excluding hydrogens is 246 g/mol. The highest BCUT2D eigenvalue weighted by atomic mass is 32.1. The summed E-state index contributed by atoms with van der Waals surface area (Å²) in [5, 5.41) is 9.86. The van der Waals surface area contributed by atoms with Gasteiger partial charge < -0.3 is 4.90 Å². The molecule has 0 bridgehead atoms. The molecule has 1 aromatic rings. The predicted octanol–water partition coefficient (Wildman–Crippen LogP) is 1.52. The number of hydrogen-bond donors (Lipinski definition) is 0. The first kappa shape index (κ1) is 13.2. The van der Waals surface area contributed by atoms with E-state index in [1.807, 2.05) is 0 Å². The Kier molecular flexibility index (Phi) is 4.15. The Morgan fingerprint density at radius 3 is 2.56 bits per heavy atom. The first-order chi connectivity index (χ1) is 8.65. The van der Waals surface area contributed by atoms with Crippen molar-refractivity contribution in [2.75, 3.05) is 24.5 Å². The van der Waals surface area contributed by atoms with Crippen molar-refractivity contribution in [1.82, 2.24) is 14.3 Å². The van der Waals surface area contributed by atoms with E-state index in [0.29, 0.717) is 18.6 Å². The van der Waals surface area contributed by atoms with Crippen molar-refractivity contribution in [2.24, 2.45) is 0 Å². The van der Waals surface area contributed by atoms with E-state index >= 15 is 0 Å². The van der Waals surface area contributed by atoms with Crippen LogP contribution in [-0.4, -0.2) is 46.0 Å². The summed E-state index contributed by atoms with van der Waals surface area (Å²) in [6.45, 7) is 8.76. The number of anilines is 1. The molecule has 2 unspecified atom stereocenters. The van der Waals surface area contributed by atoms with Gasteiger partial charge in [0.05, 0.1) is 12.6 Å². The minimum Gasteiger partial charge on any atom is -0.344 e. The van der Waals surface area contributed by atoms with Crippen LogP contribution >= 0.6 is 11.5 Å². The van der Waals surface area contributed by atoms with Gasteiger partial charge in [0.1, 0.15) is 5.82 Å². The fourth-order valence-corrected chi connectivity index (χ4v) is 3.19. The lowest BCUT2D eigenvalue weighted by Gasteiger charge is -2.43. The Hall–Kier alpha value is -1.19. The zero-order chi connectivity index (χ0) is 13.1. The molecule has 1 saturated heterocycles. The van der Waals surface area contributed by atoms with Crippen LogP contribution in [0.25, 0.3) is 0 Å². The quantitative estimate of drug-likeness (QED) is 0.776. The number of piperazine rings is 1. The van der Waals surface area contributed by atoms with Crippen LogP contribution in [-0.2, 0) is 6.42 Å². The highest BCUT2D eigenvalue weighted by Crippen LogP contribution is 2.23. The van der Waals surface area contributed by atoms with Gasteiger partial charge in [-0.2, -0.15) is 9.64 Å². The van der Waals surface area contributed by atoms with Gasteiger partial charge in [-0.1, -0.05) is 6.92 Å². The standard InChI is InChI=1S/C12H19N5S/c1-4-11-14-12(18-15-11)16-7-9(2)17(6-5-13)10(3)8-16/h9-10H,4,6-8H2,1-3H3. The Labute approximate surface area is 112 Å². The molecule has 6 heteroatoms.